The summed E-state index contributed by atoms with van der Waals surface area (Å²) in [5, 5.41) is 2.90. The highest BCUT2D eigenvalue weighted by atomic mass is 16.5. The van der Waals surface area contributed by atoms with E-state index in [1.54, 1.807) is 4.90 Å². The van der Waals surface area contributed by atoms with Gasteiger partial charge in [0.1, 0.15) is 0 Å². The van der Waals surface area contributed by atoms with E-state index < -0.39 is 6.04 Å². The lowest BCUT2D eigenvalue weighted by Gasteiger charge is -2.37. The van der Waals surface area contributed by atoms with Gasteiger partial charge in [-0.1, -0.05) is 54.6 Å². The number of rotatable bonds is 6. The lowest BCUT2D eigenvalue weighted by atomic mass is 9.96. The van der Waals surface area contributed by atoms with Crippen LogP contribution in [0.15, 0.2) is 54.6 Å². The van der Waals surface area contributed by atoms with Crippen LogP contribution in [-0.2, 0) is 25.7 Å². The van der Waals surface area contributed by atoms with Gasteiger partial charge in [-0.3, -0.25) is 19.3 Å². The van der Waals surface area contributed by atoms with E-state index in [0.717, 1.165) is 11.1 Å². The molecule has 2 heterocycles. The van der Waals surface area contributed by atoms with Crippen LogP contribution in [0, 0.1) is 5.92 Å². The summed E-state index contributed by atoms with van der Waals surface area (Å²) in [5.74, 6) is -0.490. The van der Waals surface area contributed by atoms with Crippen molar-refractivity contribution in [3.05, 3.63) is 60.2 Å². The second kappa shape index (κ2) is 10.6. The van der Waals surface area contributed by atoms with Crippen molar-refractivity contribution in [1.82, 2.24) is 15.1 Å². The number of likely N-dealkylation sites (tertiary alicyclic amines) is 1. The summed E-state index contributed by atoms with van der Waals surface area (Å²) < 4.78 is 4.82. The number of nitrogens with zero attached hydrogens (tertiary/aromatic N) is 2. The number of esters is 1. The summed E-state index contributed by atoms with van der Waals surface area (Å²) in [6, 6.07) is 18.1. The van der Waals surface area contributed by atoms with Gasteiger partial charge in [-0.15, -0.1) is 0 Å². The number of piperazine rings is 1. The largest absolute Gasteiger partial charge is 0.469 e. The number of hydrogen-bond acceptors (Lipinski definition) is 5. The highest BCUT2D eigenvalue weighted by Gasteiger charge is 2.34. The standard InChI is InChI=1S/C26H31N3O4/c1-33-26(32)22-11-14-28(15-12-22)24(30)17-23-25(31)27-13-16-29(23)18-19-7-9-21(10-8-19)20-5-3-2-4-6-20/h2-10,22-23H,11-18H2,1H3,(H,27,31). The first kappa shape index (κ1) is 23.0. The first-order valence-corrected chi connectivity index (χ1v) is 11.6. The number of carbonyl (C=O) groups is 3. The highest BCUT2D eigenvalue weighted by Crippen LogP contribution is 2.23. The molecule has 33 heavy (non-hydrogen) atoms. The van der Waals surface area contributed by atoms with Crippen LogP contribution in [0.1, 0.15) is 24.8 Å². The van der Waals surface area contributed by atoms with Gasteiger partial charge in [0.2, 0.25) is 11.8 Å². The van der Waals surface area contributed by atoms with Gasteiger partial charge in [0.25, 0.3) is 0 Å². The van der Waals surface area contributed by atoms with Crippen molar-refractivity contribution in [1.29, 1.82) is 0 Å². The molecule has 7 heteroatoms. The Balaban J connectivity index is 1.37. The maximum absolute atomic E-state index is 13.0. The number of carbonyl (C=O) groups excluding carboxylic acids is 3. The smallest absolute Gasteiger partial charge is 0.308 e. The van der Waals surface area contributed by atoms with Gasteiger partial charge in [0.05, 0.1) is 25.5 Å². The second-order valence-corrected chi connectivity index (χ2v) is 8.72. The van der Waals surface area contributed by atoms with E-state index in [9.17, 15) is 14.4 Å². The number of hydrogen-bond donors (Lipinski definition) is 1. The normalized spacial score (nSPS) is 19.7. The number of nitrogens with one attached hydrogen (secondary N) is 1. The predicted molar refractivity (Wildman–Crippen MR) is 125 cm³/mol. The molecule has 1 atom stereocenters. The van der Waals surface area contributed by atoms with Gasteiger partial charge in [-0.05, 0) is 29.5 Å². The van der Waals surface area contributed by atoms with E-state index in [2.05, 4.69) is 46.6 Å². The SMILES string of the molecule is COC(=O)C1CCN(C(=O)CC2C(=O)NCCN2Cc2ccc(-c3ccccc3)cc2)CC1. The molecule has 0 spiro atoms. The summed E-state index contributed by atoms with van der Waals surface area (Å²) >= 11 is 0. The molecule has 0 saturated carbocycles. The molecule has 7 nitrogen and oxygen atoms in total. The van der Waals surface area contributed by atoms with Crippen LogP contribution in [0.5, 0.6) is 0 Å². The third-order valence-corrected chi connectivity index (χ3v) is 6.64. The Morgan fingerprint density at radius 3 is 2.30 bits per heavy atom. The Morgan fingerprint density at radius 2 is 1.64 bits per heavy atom. The van der Waals surface area contributed by atoms with E-state index in [-0.39, 0.29) is 30.1 Å². The number of amides is 2. The highest BCUT2D eigenvalue weighted by molar-refractivity contribution is 5.89. The van der Waals surface area contributed by atoms with Crippen LogP contribution in [0.25, 0.3) is 11.1 Å². The zero-order chi connectivity index (χ0) is 23.2. The van der Waals surface area contributed by atoms with Crippen molar-refractivity contribution in [2.45, 2.75) is 31.8 Å². The molecule has 2 aromatic rings. The molecule has 2 aliphatic heterocycles. The van der Waals surface area contributed by atoms with Gasteiger partial charge in [-0.2, -0.15) is 0 Å². The van der Waals surface area contributed by atoms with Crippen LogP contribution in [-0.4, -0.2) is 66.9 Å². The van der Waals surface area contributed by atoms with E-state index >= 15 is 0 Å². The Morgan fingerprint density at radius 1 is 0.970 bits per heavy atom. The number of piperidine rings is 1. The van der Waals surface area contributed by atoms with Crippen molar-refractivity contribution >= 4 is 17.8 Å². The Hall–Kier alpha value is -3.19. The molecule has 2 fully saturated rings. The van der Waals surface area contributed by atoms with Crippen molar-refractivity contribution in [2.75, 3.05) is 33.3 Å². The Kier molecular flexibility index (Phi) is 7.40. The summed E-state index contributed by atoms with van der Waals surface area (Å²) in [5.41, 5.74) is 3.43. The fourth-order valence-corrected chi connectivity index (χ4v) is 4.67. The molecule has 4 rings (SSSR count). The summed E-state index contributed by atoms with van der Waals surface area (Å²) in [6.45, 7) is 2.94. The molecule has 1 unspecified atom stereocenters. The quantitative estimate of drug-likeness (QED) is 0.686. The van der Waals surface area contributed by atoms with E-state index in [0.29, 0.717) is 45.6 Å². The minimum absolute atomic E-state index is 0.0372. The van der Waals surface area contributed by atoms with Crippen molar-refractivity contribution in [3.8, 4) is 11.1 Å². The van der Waals surface area contributed by atoms with Gasteiger partial charge < -0.3 is 15.0 Å². The molecule has 0 aliphatic carbocycles. The molecule has 174 valence electrons. The third-order valence-electron chi connectivity index (χ3n) is 6.64. The zero-order valence-corrected chi connectivity index (χ0v) is 19.0. The molecular formula is C26H31N3O4. The number of benzene rings is 2. The van der Waals surface area contributed by atoms with Crippen molar-refractivity contribution in [2.24, 2.45) is 5.92 Å². The summed E-state index contributed by atoms with van der Waals surface area (Å²) in [6.07, 6.45) is 1.36. The van der Waals surface area contributed by atoms with Gasteiger partial charge >= 0.3 is 5.97 Å². The molecule has 1 N–H and O–H groups in total. The van der Waals surface area contributed by atoms with E-state index in [1.807, 2.05) is 18.2 Å². The second-order valence-electron chi connectivity index (χ2n) is 8.72. The lowest BCUT2D eigenvalue weighted by molar-refractivity contribution is -0.149. The predicted octanol–water partition coefficient (Wildman–Crippen LogP) is 2.46. The molecule has 2 saturated heterocycles. The average molecular weight is 450 g/mol. The third kappa shape index (κ3) is 5.60. The minimum Gasteiger partial charge on any atom is -0.469 e. The van der Waals surface area contributed by atoms with Crippen LogP contribution in [0.4, 0.5) is 0 Å². The topological polar surface area (TPSA) is 78.9 Å². The van der Waals surface area contributed by atoms with E-state index in [4.69, 9.17) is 4.74 Å². The molecule has 0 aromatic heterocycles. The lowest BCUT2D eigenvalue weighted by Crippen LogP contribution is -2.56. The van der Waals surface area contributed by atoms with Crippen molar-refractivity contribution < 1.29 is 19.1 Å². The maximum Gasteiger partial charge on any atom is 0.308 e. The summed E-state index contributed by atoms with van der Waals surface area (Å²) in [4.78, 5) is 41.2. The summed E-state index contributed by atoms with van der Waals surface area (Å²) in [7, 11) is 1.39. The Labute approximate surface area is 194 Å². The maximum atomic E-state index is 13.0. The van der Waals surface area contributed by atoms with Crippen LogP contribution >= 0.6 is 0 Å². The van der Waals surface area contributed by atoms with Gasteiger partial charge in [0.15, 0.2) is 0 Å². The monoisotopic (exact) mass is 449 g/mol. The number of methoxy groups -OCH3 is 1. The zero-order valence-electron chi connectivity index (χ0n) is 19.0. The van der Waals surface area contributed by atoms with Crippen LogP contribution in [0.2, 0.25) is 0 Å². The van der Waals surface area contributed by atoms with Crippen LogP contribution < -0.4 is 5.32 Å². The van der Waals surface area contributed by atoms with Gasteiger partial charge in [0, 0.05) is 32.7 Å². The first-order valence-electron chi connectivity index (χ1n) is 11.6. The van der Waals surface area contributed by atoms with E-state index in [1.165, 1.54) is 12.7 Å². The average Bonchev–Trinajstić information content (AvgIpc) is 2.86. The van der Waals surface area contributed by atoms with Crippen LogP contribution in [0.3, 0.4) is 0 Å². The fourth-order valence-electron chi connectivity index (χ4n) is 4.67. The molecule has 2 aliphatic rings. The molecule has 0 bridgehead atoms. The fraction of sp³-hybridized carbons (Fsp3) is 0.423. The molecule has 2 amide bonds. The molecule has 2 aromatic carbocycles. The van der Waals surface area contributed by atoms with Crippen molar-refractivity contribution in [3.63, 3.8) is 0 Å². The Bertz CT molecular complexity index is 969. The first-order chi connectivity index (χ1) is 16.0. The minimum atomic E-state index is -0.488. The molecular weight excluding hydrogens is 418 g/mol. The molecule has 0 radical (unpaired) electrons. The number of ether oxygens (including phenoxy) is 1. The van der Waals surface area contributed by atoms with Gasteiger partial charge in [-0.25, -0.2) is 0 Å².